The van der Waals surface area contributed by atoms with Crippen LogP contribution in [0.2, 0.25) is 0 Å². The molecule has 23 heavy (non-hydrogen) atoms. The molecule has 1 amide bonds. The quantitative estimate of drug-likeness (QED) is 0.770. The summed E-state index contributed by atoms with van der Waals surface area (Å²) in [6.07, 6.45) is 0.101. The minimum Gasteiger partial charge on any atom is -0.468 e. The Morgan fingerprint density at radius 3 is 2.26 bits per heavy atom. The second kappa shape index (κ2) is 8.08. The van der Waals surface area contributed by atoms with E-state index in [9.17, 15) is 14.0 Å². The Morgan fingerprint density at radius 2 is 1.65 bits per heavy atom. The number of halogens is 1. The summed E-state index contributed by atoms with van der Waals surface area (Å²) in [5.74, 6) is -1.05. The number of hydrogen-bond acceptors (Lipinski definition) is 3. The van der Waals surface area contributed by atoms with Gasteiger partial charge in [0.15, 0.2) is 0 Å². The van der Waals surface area contributed by atoms with Gasteiger partial charge in [0.1, 0.15) is 12.4 Å². The van der Waals surface area contributed by atoms with E-state index in [1.54, 1.807) is 12.1 Å². The number of hydrogen-bond donors (Lipinski definition) is 0. The monoisotopic (exact) mass is 315 g/mol. The summed E-state index contributed by atoms with van der Waals surface area (Å²) >= 11 is 0. The summed E-state index contributed by atoms with van der Waals surface area (Å²) in [6, 6.07) is 15.1. The lowest BCUT2D eigenvalue weighted by Crippen LogP contribution is -2.36. The molecule has 2 aromatic carbocycles. The average molecular weight is 315 g/mol. The van der Waals surface area contributed by atoms with Crippen molar-refractivity contribution in [3.63, 3.8) is 0 Å². The third kappa shape index (κ3) is 5.21. The molecule has 2 rings (SSSR count). The van der Waals surface area contributed by atoms with Crippen LogP contribution in [0.4, 0.5) is 4.39 Å². The first-order chi connectivity index (χ1) is 11.1. The molecule has 0 aliphatic heterocycles. The van der Waals surface area contributed by atoms with Crippen molar-refractivity contribution in [2.75, 3.05) is 13.7 Å². The Labute approximate surface area is 134 Å². The zero-order chi connectivity index (χ0) is 16.7. The van der Waals surface area contributed by atoms with Gasteiger partial charge in [-0.1, -0.05) is 42.5 Å². The normalized spacial score (nSPS) is 10.2. The maximum Gasteiger partial charge on any atom is 0.325 e. The van der Waals surface area contributed by atoms with Gasteiger partial charge in [-0.05, 0) is 23.3 Å². The molecule has 0 aliphatic rings. The number of nitrogens with zero attached hydrogens (tertiary/aromatic N) is 1. The summed E-state index contributed by atoms with van der Waals surface area (Å²) < 4.78 is 17.6. The molecule has 0 radical (unpaired) electrons. The van der Waals surface area contributed by atoms with E-state index in [2.05, 4.69) is 4.74 Å². The fraction of sp³-hybridized carbons (Fsp3) is 0.222. The van der Waals surface area contributed by atoms with Crippen molar-refractivity contribution in [3.05, 3.63) is 71.5 Å². The van der Waals surface area contributed by atoms with E-state index in [-0.39, 0.29) is 24.7 Å². The van der Waals surface area contributed by atoms with Crippen molar-refractivity contribution in [2.24, 2.45) is 0 Å². The number of ether oxygens (including phenoxy) is 1. The van der Waals surface area contributed by atoms with Crippen LogP contribution in [0, 0.1) is 5.82 Å². The molecule has 0 unspecified atom stereocenters. The number of carbonyl (C=O) groups excluding carboxylic acids is 2. The van der Waals surface area contributed by atoms with E-state index in [1.807, 2.05) is 30.3 Å². The van der Waals surface area contributed by atoms with Gasteiger partial charge in [-0.2, -0.15) is 0 Å². The van der Waals surface area contributed by atoms with E-state index in [0.29, 0.717) is 12.1 Å². The average Bonchev–Trinajstić information content (AvgIpc) is 2.57. The molecule has 0 saturated heterocycles. The molecule has 0 N–H and O–H groups in total. The molecule has 0 aliphatic carbocycles. The van der Waals surface area contributed by atoms with Crippen LogP contribution in [0.5, 0.6) is 0 Å². The first kappa shape index (κ1) is 16.7. The molecule has 2 aromatic rings. The molecule has 0 saturated carbocycles. The number of amides is 1. The largest absolute Gasteiger partial charge is 0.468 e. The minimum absolute atomic E-state index is 0.101. The summed E-state index contributed by atoms with van der Waals surface area (Å²) in [6.45, 7) is 0.196. The second-order valence-electron chi connectivity index (χ2n) is 5.11. The molecular weight excluding hydrogens is 297 g/mol. The summed E-state index contributed by atoms with van der Waals surface area (Å²) in [4.78, 5) is 25.5. The fourth-order valence-electron chi connectivity index (χ4n) is 2.15. The molecule has 0 bridgehead atoms. The number of carbonyl (C=O) groups is 2. The lowest BCUT2D eigenvalue weighted by atomic mass is 10.1. The second-order valence-corrected chi connectivity index (χ2v) is 5.11. The first-order valence-corrected chi connectivity index (χ1v) is 7.21. The molecule has 0 heterocycles. The number of esters is 1. The van der Waals surface area contributed by atoms with Crippen LogP contribution < -0.4 is 0 Å². The molecular formula is C18H18FNO3. The van der Waals surface area contributed by atoms with Gasteiger partial charge in [-0.25, -0.2) is 4.39 Å². The van der Waals surface area contributed by atoms with Crippen LogP contribution in [0.1, 0.15) is 11.1 Å². The van der Waals surface area contributed by atoms with Crippen molar-refractivity contribution in [1.82, 2.24) is 4.90 Å². The van der Waals surface area contributed by atoms with E-state index in [4.69, 9.17) is 0 Å². The van der Waals surface area contributed by atoms with Crippen LogP contribution in [0.3, 0.4) is 0 Å². The van der Waals surface area contributed by atoms with Gasteiger partial charge in [-0.3, -0.25) is 9.59 Å². The zero-order valence-corrected chi connectivity index (χ0v) is 12.9. The SMILES string of the molecule is COC(=O)CN(Cc1ccccc1)C(=O)Cc1ccc(F)cc1. The van der Waals surface area contributed by atoms with Gasteiger partial charge < -0.3 is 9.64 Å². The molecule has 5 heteroatoms. The van der Waals surface area contributed by atoms with Crippen LogP contribution >= 0.6 is 0 Å². The Hall–Kier alpha value is -2.69. The Bertz CT molecular complexity index is 656. The van der Waals surface area contributed by atoms with Crippen molar-refractivity contribution in [2.45, 2.75) is 13.0 Å². The summed E-state index contributed by atoms with van der Waals surface area (Å²) in [5, 5.41) is 0. The lowest BCUT2D eigenvalue weighted by molar-refractivity contribution is -0.147. The maximum atomic E-state index is 12.9. The highest BCUT2D eigenvalue weighted by Crippen LogP contribution is 2.09. The van der Waals surface area contributed by atoms with Gasteiger partial charge in [0.2, 0.25) is 5.91 Å². The van der Waals surface area contributed by atoms with Crippen molar-refractivity contribution in [3.8, 4) is 0 Å². The van der Waals surface area contributed by atoms with Gasteiger partial charge in [0.05, 0.1) is 13.5 Å². The first-order valence-electron chi connectivity index (χ1n) is 7.21. The summed E-state index contributed by atoms with van der Waals surface area (Å²) in [7, 11) is 1.29. The lowest BCUT2D eigenvalue weighted by Gasteiger charge is -2.21. The predicted molar refractivity (Wildman–Crippen MR) is 84.0 cm³/mol. The highest BCUT2D eigenvalue weighted by molar-refractivity contribution is 5.83. The maximum absolute atomic E-state index is 12.9. The molecule has 4 nitrogen and oxygen atoms in total. The van der Waals surface area contributed by atoms with Gasteiger partial charge in [-0.15, -0.1) is 0 Å². The van der Waals surface area contributed by atoms with Crippen LogP contribution in [-0.4, -0.2) is 30.4 Å². The topological polar surface area (TPSA) is 46.6 Å². The predicted octanol–water partition coefficient (Wildman–Crippen LogP) is 2.57. The third-order valence-electron chi connectivity index (χ3n) is 3.39. The van der Waals surface area contributed by atoms with Gasteiger partial charge in [0.25, 0.3) is 0 Å². The zero-order valence-electron chi connectivity index (χ0n) is 12.9. The Balaban J connectivity index is 2.10. The fourth-order valence-corrected chi connectivity index (χ4v) is 2.15. The van der Waals surface area contributed by atoms with Crippen LogP contribution in [0.15, 0.2) is 54.6 Å². The van der Waals surface area contributed by atoms with Gasteiger partial charge >= 0.3 is 5.97 Å². The molecule has 0 aromatic heterocycles. The smallest absolute Gasteiger partial charge is 0.325 e. The van der Waals surface area contributed by atoms with E-state index in [0.717, 1.165) is 5.56 Å². The van der Waals surface area contributed by atoms with E-state index < -0.39 is 5.97 Å². The van der Waals surface area contributed by atoms with Crippen molar-refractivity contribution in [1.29, 1.82) is 0 Å². The molecule has 0 fully saturated rings. The van der Waals surface area contributed by atoms with E-state index >= 15 is 0 Å². The summed E-state index contributed by atoms with van der Waals surface area (Å²) in [5.41, 5.74) is 1.61. The van der Waals surface area contributed by atoms with Crippen LogP contribution in [-0.2, 0) is 27.3 Å². The number of rotatable bonds is 6. The molecule has 120 valence electrons. The Morgan fingerprint density at radius 1 is 1.00 bits per heavy atom. The molecule has 0 spiro atoms. The van der Waals surface area contributed by atoms with Gasteiger partial charge in [0, 0.05) is 6.54 Å². The Kier molecular flexibility index (Phi) is 5.86. The highest BCUT2D eigenvalue weighted by atomic mass is 19.1. The standard InChI is InChI=1S/C18H18FNO3/c1-23-18(22)13-20(12-15-5-3-2-4-6-15)17(21)11-14-7-9-16(19)10-8-14/h2-10H,11-13H2,1H3. The van der Waals surface area contributed by atoms with Crippen molar-refractivity contribution >= 4 is 11.9 Å². The molecule has 0 atom stereocenters. The highest BCUT2D eigenvalue weighted by Gasteiger charge is 2.18. The minimum atomic E-state index is -0.478. The number of benzene rings is 2. The van der Waals surface area contributed by atoms with Crippen LogP contribution in [0.25, 0.3) is 0 Å². The van der Waals surface area contributed by atoms with Crippen molar-refractivity contribution < 1.29 is 18.7 Å². The number of methoxy groups -OCH3 is 1. The third-order valence-corrected chi connectivity index (χ3v) is 3.39. The van der Waals surface area contributed by atoms with E-state index in [1.165, 1.54) is 24.1 Å².